The van der Waals surface area contributed by atoms with Crippen molar-refractivity contribution < 1.29 is 10.2 Å². The van der Waals surface area contributed by atoms with Gasteiger partial charge in [-0.3, -0.25) is 0 Å². The molecule has 86 valence electrons. The first-order chi connectivity index (χ1) is 7.86. The van der Waals surface area contributed by atoms with E-state index in [1.807, 2.05) is 18.3 Å². The number of aliphatic hydroxyl groups is 2. The van der Waals surface area contributed by atoms with Crippen LogP contribution < -0.4 is 0 Å². The Balaban J connectivity index is 2.30. The largest absolute Gasteiger partial charge is 0.396 e. The van der Waals surface area contributed by atoms with Crippen LogP contribution in [0, 0.1) is 0 Å². The molecule has 3 nitrogen and oxygen atoms in total. The third kappa shape index (κ3) is 2.10. The standard InChI is InChI=1S/C13H17NO2/c15-9-2-1-7-14-8-6-11-4-3-5-12(10-16)13(11)14/h3-6,8,15-16H,1-2,7,9-10H2. The van der Waals surface area contributed by atoms with Crippen molar-refractivity contribution in [3.63, 3.8) is 0 Å². The summed E-state index contributed by atoms with van der Waals surface area (Å²) in [6.07, 6.45) is 3.82. The van der Waals surface area contributed by atoms with E-state index >= 15 is 0 Å². The van der Waals surface area contributed by atoms with Crippen molar-refractivity contribution in [2.75, 3.05) is 6.61 Å². The van der Waals surface area contributed by atoms with Crippen LogP contribution >= 0.6 is 0 Å². The molecule has 3 heteroatoms. The number of fused-ring (bicyclic) bond motifs is 1. The summed E-state index contributed by atoms with van der Waals surface area (Å²) in [6.45, 7) is 1.20. The van der Waals surface area contributed by atoms with Crippen LogP contribution in [-0.2, 0) is 13.2 Å². The van der Waals surface area contributed by atoms with Crippen LogP contribution in [-0.4, -0.2) is 21.4 Å². The number of hydrogen-bond acceptors (Lipinski definition) is 2. The van der Waals surface area contributed by atoms with Crippen molar-refractivity contribution in [1.29, 1.82) is 0 Å². The molecule has 2 rings (SSSR count). The zero-order chi connectivity index (χ0) is 11.4. The molecular formula is C13H17NO2. The Hall–Kier alpha value is -1.32. The van der Waals surface area contributed by atoms with Gasteiger partial charge in [0.1, 0.15) is 0 Å². The number of nitrogens with zero attached hydrogens (tertiary/aromatic N) is 1. The fourth-order valence-electron chi connectivity index (χ4n) is 2.05. The summed E-state index contributed by atoms with van der Waals surface area (Å²) in [5.41, 5.74) is 2.08. The fraction of sp³-hybridized carbons (Fsp3) is 0.385. The van der Waals surface area contributed by atoms with E-state index in [9.17, 15) is 5.11 Å². The van der Waals surface area contributed by atoms with E-state index in [2.05, 4.69) is 16.7 Å². The van der Waals surface area contributed by atoms with Gasteiger partial charge < -0.3 is 14.8 Å². The van der Waals surface area contributed by atoms with E-state index in [1.54, 1.807) is 0 Å². The van der Waals surface area contributed by atoms with Gasteiger partial charge in [-0.2, -0.15) is 0 Å². The summed E-state index contributed by atoms with van der Waals surface area (Å²) < 4.78 is 2.15. The first kappa shape index (κ1) is 11.2. The van der Waals surface area contributed by atoms with Gasteiger partial charge in [-0.1, -0.05) is 18.2 Å². The highest BCUT2D eigenvalue weighted by Gasteiger charge is 2.05. The van der Waals surface area contributed by atoms with Crippen molar-refractivity contribution in [2.45, 2.75) is 26.0 Å². The molecule has 0 fully saturated rings. The molecule has 0 aliphatic carbocycles. The van der Waals surface area contributed by atoms with Gasteiger partial charge >= 0.3 is 0 Å². The van der Waals surface area contributed by atoms with Gasteiger partial charge in [0.25, 0.3) is 0 Å². The number of aryl methyl sites for hydroxylation is 1. The van der Waals surface area contributed by atoms with E-state index < -0.39 is 0 Å². The van der Waals surface area contributed by atoms with Gasteiger partial charge in [0, 0.05) is 24.9 Å². The summed E-state index contributed by atoms with van der Waals surface area (Å²) in [5.74, 6) is 0. The molecule has 2 aromatic rings. The average molecular weight is 219 g/mol. The molecule has 1 aromatic carbocycles. The highest BCUT2D eigenvalue weighted by atomic mass is 16.3. The molecule has 0 spiro atoms. The molecule has 0 aliphatic rings. The molecular weight excluding hydrogens is 202 g/mol. The lowest BCUT2D eigenvalue weighted by Gasteiger charge is -2.07. The van der Waals surface area contributed by atoms with Gasteiger partial charge in [0.2, 0.25) is 0 Å². The van der Waals surface area contributed by atoms with Crippen LogP contribution in [0.3, 0.4) is 0 Å². The Kier molecular flexibility index (Phi) is 3.59. The second kappa shape index (κ2) is 5.14. The van der Waals surface area contributed by atoms with Crippen LogP contribution in [0.5, 0.6) is 0 Å². The highest BCUT2D eigenvalue weighted by molar-refractivity contribution is 5.83. The monoisotopic (exact) mass is 219 g/mol. The number of aromatic nitrogens is 1. The Morgan fingerprint density at radius 3 is 2.69 bits per heavy atom. The maximum Gasteiger partial charge on any atom is 0.0702 e. The lowest BCUT2D eigenvalue weighted by Crippen LogP contribution is -1.99. The third-order valence-electron chi connectivity index (χ3n) is 2.85. The molecule has 1 heterocycles. The van der Waals surface area contributed by atoms with Crippen LogP contribution in [0.15, 0.2) is 30.5 Å². The first-order valence-electron chi connectivity index (χ1n) is 5.65. The van der Waals surface area contributed by atoms with E-state index in [4.69, 9.17) is 5.11 Å². The Bertz CT molecular complexity index is 462. The average Bonchev–Trinajstić information content (AvgIpc) is 2.73. The van der Waals surface area contributed by atoms with E-state index in [0.29, 0.717) is 0 Å². The number of para-hydroxylation sites is 1. The quantitative estimate of drug-likeness (QED) is 0.754. The minimum absolute atomic E-state index is 0.0708. The van der Waals surface area contributed by atoms with Gasteiger partial charge in [-0.15, -0.1) is 0 Å². The van der Waals surface area contributed by atoms with Gasteiger partial charge in [0.15, 0.2) is 0 Å². The summed E-state index contributed by atoms with van der Waals surface area (Å²) in [7, 11) is 0. The molecule has 0 bridgehead atoms. The SMILES string of the molecule is OCCCCn1ccc2cccc(CO)c21. The van der Waals surface area contributed by atoms with E-state index in [0.717, 1.165) is 35.9 Å². The number of aliphatic hydroxyl groups excluding tert-OH is 2. The van der Waals surface area contributed by atoms with Gasteiger partial charge in [0.05, 0.1) is 12.1 Å². The van der Waals surface area contributed by atoms with Crippen LogP contribution in [0.25, 0.3) is 10.9 Å². The highest BCUT2D eigenvalue weighted by Crippen LogP contribution is 2.20. The maximum atomic E-state index is 9.30. The van der Waals surface area contributed by atoms with Crippen molar-refractivity contribution in [3.8, 4) is 0 Å². The normalized spacial score (nSPS) is 11.1. The Labute approximate surface area is 94.9 Å². The summed E-state index contributed by atoms with van der Waals surface area (Å²) in [5, 5.41) is 19.2. The van der Waals surface area contributed by atoms with Crippen molar-refractivity contribution in [1.82, 2.24) is 4.57 Å². The molecule has 0 aliphatic heterocycles. The second-order valence-electron chi connectivity index (χ2n) is 3.95. The van der Waals surface area contributed by atoms with Crippen molar-refractivity contribution in [2.24, 2.45) is 0 Å². The maximum absolute atomic E-state index is 9.30. The van der Waals surface area contributed by atoms with Crippen molar-refractivity contribution in [3.05, 3.63) is 36.0 Å². The molecule has 0 unspecified atom stereocenters. The predicted molar refractivity (Wildman–Crippen MR) is 64.2 cm³/mol. The molecule has 0 atom stereocenters. The molecule has 0 radical (unpaired) electrons. The number of rotatable bonds is 5. The summed E-state index contributed by atoms with van der Waals surface area (Å²) >= 11 is 0. The van der Waals surface area contributed by atoms with Crippen molar-refractivity contribution >= 4 is 10.9 Å². The molecule has 2 N–H and O–H groups in total. The second-order valence-corrected chi connectivity index (χ2v) is 3.95. The molecule has 0 saturated carbocycles. The Morgan fingerprint density at radius 1 is 1.06 bits per heavy atom. The zero-order valence-electron chi connectivity index (χ0n) is 9.26. The minimum atomic E-state index is 0.0708. The number of benzene rings is 1. The smallest absolute Gasteiger partial charge is 0.0702 e. The first-order valence-corrected chi connectivity index (χ1v) is 5.65. The van der Waals surface area contributed by atoms with E-state index in [1.165, 1.54) is 0 Å². The predicted octanol–water partition coefficient (Wildman–Crippen LogP) is 1.91. The number of hydrogen-bond donors (Lipinski definition) is 2. The van der Waals surface area contributed by atoms with Gasteiger partial charge in [-0.25, -0.2) is 0 Å². The molecule has 0 saturated heterocycles. The zero-order valence-corrected chi connectivity index (χ0v) is 9.26. The third-order valence-corrected chi connectivity index (χ3v) is 2.85. The van der Waals surface area contributed by atoms with Gasteiger partial charge in [-0.05, 0) is 24.3 Å². The van der Waals surface area contributed by atoms with E-state index in [-0.39, 0.29) is 13.2 Å². The molecule has 0 amide bonds. The van der Waals surface area contributed by atoms with Crippen LogP contribution in [0.4, 0.5) is 0 Å². The molecule has 16 heavy (non-hydrogen) atoms. The summed E-state index contributed by atoms with van der Waals surface area (Å²) in [4.78, 5) is 0. The van der Waals surface area contributed by atoms with Crippen LogP contribution in [0.2, 0.25) is 0 Å². The Morgan fingerprint density at radius 2 is 1.94 bits per heavy atom. The minimum Gasteiger partial charge on any atom is -0.396 e. The number of unbranched alkanes of at least 4 members (excludes halogenated alkanes) is 1. The summed E-state index contributed by atoms with van der Waals surface area (Å²) in [6, 6.07) is 8.03. The lowest BCUT2D eigenvalue weighted by atomic mass is 10.1. The fourth-order valence-corrected chi connectivity index (χ4v) is 2.05. The molecule has 1 aromatic heterocycles. The van der Waals surface area contributed by atoms with Crippen LogP contribution in [0.1, 0.15) is 18.4 Å². The lowest BCUT2D eigenvalue weighted by molar-refractivity contribution is 0.279. The topological polar surface area (TPSA) is 45.4 Å².